The number of fused-ring (bicyclic) bond motifs is 1. The average Bonchev–Trinajstić information content (AvgIpc) is 2.61. The first-order valence-electron chi connectivity index (χ1n) is 8.23. The van der Waals surface area contributed by atoms with Crippen molar-refractivity contribution in [1.82, 2.24) is 4.90 Å². The Morgan fingerprint density at radius 2 is 1.74 bits per heavy atom. The van der Waals surface area contributed by atoms with Crippen molar-refractivity contribution in [1.29, 1.82) is 0 Å². The van der Waals surface area contributed by atoms with Crippen molar-refractivity contribution in [2.24, 2.45) is 0 Å². The van der Waals surface area contributed by atoms with Crippen LogP contribution in [0.3, 0.4) is 0 Å². The van der Waals surface area contributed by atoms with E-state index in [-0.39, 0.29) is 24.4 Å². The van der Waals surface area contributed by atoms with E-state index < -0.39 is 11.7 Å². The van der Waals surface area contributed by atoms with Crippen LogP contribution in [0.25, 0.3) is 0 Å². The first-order chi connectivity index (χ1) is 12.8. The Bertz CT molecular complexity index is 855. The zero-order chi connectivity index (χ0) is 19.6. The molecule has 0 atom stereocenters. The maximum Gasteiger partial charge on any atom is 0.416 e. The van der Waals surface area contributed by atoms with Crippen LogP contribution >= 0.6 is 15.9 Å². The standard InChI is InChI=1S/C19H17BrF3NO3/c1-24(11-12-4-2-3-5-14(12)19(21,22)23)18(25)9-13-8-16-17(10-15(13)20)27-7-6-26-16/h2-5,8,10H,6-7,9,11H2,1H3. The number of hydrogen-bond donors (Lipinski definition) is 0. The number of alkyl halides is 3. The van der Waals surface area contributed by atoms with Gasteiger partial charge in [0.1, 0.15) is 13.2 Å². The molecule has 2 aromatic carbocycles. The molecular weight excluding hydrogens is 427 g/mol. The number of nitrogens with zero attached hydrogens (tertiary/aromatic N) is 1. The van der Waals surface area contributed by atoms with Crippen molar-refractivity contribution in [3.63, 3.8) is 0 Å². The molecule has 0 N–H and O–H groups in total. The largest absolute Gasteiger partial charge is 0.486 e. The maximum atomic E-state index is 13.1. The molecule has 144 valence electrons. The second-order valence-electron chi connectivity index (χ2n) is 6.17. The van der Waals surface area contributed by atoms with Crippen LogP contribution in [0.15, 0.2) is 40.9 Å². The fraction of sp³-hybridized carbons (Fsp3) is 0.316. The molecule has 0 bridgehead atoms. The predicted molar refractivity (Wildman–Crippen MR) is 96.8 cm³/mol. The summed E-state index contributed by atoms with van der Waals surface area (Å²) in [6.07, 6.45) is -4.43. The quantitative estimate of drug-likeness (QED) is 0.700. The molecule has 1 aliphatic heterocycles. The summed E-state index contributed by atoms with van der Waals surface area (Å²) in [6.45, 7) is 0.756. The Morgan fingerprint density at radius 3 is 2.41 bits per heavy atom. The Balaban J connectivity index is 1.74. The van der Waals surface area contributed by atoms with Gasteiger partial charge < -0.3 is 14.4 Å². The summed E-state index contributed by atoms with van der Waals surface area (Å²) in [5.41, 5.74) is 0.00690. The number of amides is 1. The van der Waals surface area contributed by atoms with E-state index in [9.17, 15) is 18.0 Å². The molecule has 0 spiro atoms. The van der Waals surface area contributed by atoms with Gasteiger partial charge in [-0.3, -0.25) is 4.79 Å². The van der Waals surface area contributed by atoms with E-state index in [2.05, 4.69) is 15.9 Å². The molecule has 8 heteroatoms. The Labute approximate surface area is 163 Å². The van der Waals surface area contributed by atoms with Crippen LogP contribution in [0.4, 0.5) is 13.2 Å². The lowest BCUT2D eigenvalue weighted by Gasteiger charge is -2.22. The smallest absolute Gasteiger partial charge is 0.416 e. The molecule has 0 aliphatic carbocycles. The molecular formula is C19H17BrF3NO3. The van der Waals surface area contributed by atoms with Gasteiger partial charge in [0, 0.05) is 18.1 Å². The van der Waals surface area contributed by atoms with Crippen LogP contribution in [0.5, 0.6) is 11.5 Å². The Hall–Kier alpha value is -2.22. The van der Waals surface area contributed by atoms with Crippen molar-refractivity contribution in [3.8, 4) is 11.5 Å². The highest BCUT2D eigenvalue weighted by molar-refractivity contribution is 9.10. The molecule has 0 radical (unpaired) electrons. The van der Waals surface area contributed by atoms with Crippen molar-refractivity contribution >= 4 is 21.8 Å². The zero-order valence-corrected chi connectivity index (χ0v) is 16.1. The zero-order valence-electron chi connectivity index (χ0n) is 14.5. The number of benzene rings is 2. The molecule has 0 unspecified atom stereocenters. The van der Waals surface area contributed by atoms with Crippen molar-refractivity contribution in [3.05, 3.63) is 57.6 Å². The average molecular weight is 444 g/mol. The highest BCUT2D eigenvalue weighted by Gasteiger charge is 2.33. The molecule has 0 fully saturated rings. The molecule has 27 heavy (non-hydrogen) atoms. The summed E-state index contributed by atoms with van der Waals surface area (Å²) in [6, 6.07) is 8.71. The summed E-state index contributed by atoms with van der Waals surface area (Å²) in [7, 11) is 1.49. The normalized spacial score (nSPS) is 13.4. The summed E-state index contributed by atoms with van der Waals surface area (Å²) >= 11 is 3.40. The van der Waals surface area contributed by atoms with Gasteiger partial charge in [-0.15, -0.1) is 0 Å². The van der Waals surface area contributed by atoms with Gasteiger partial charge in [-0.25, -0.2) is 0 Å². The first kappa shape index (κ1) is 19.5. The van der Waals surface area contributed by atoms with Crippen molar-refractivity contribution in [2.45, 2.75) is 19.1 Å². The van der Waals surface area contributed by atoms with Gasteiger partial charge in [-0.05, 0) is 29.3 Å². The molecule has 3 rings (SSSR count). The lowest BCUT2D eigenvalue weighted by atomic mass is 10.1. The number of carbonyl (C=O) groups is 1. The third kappa shape index (κ3) is 4.55. The van der Waals surface area contributed by atoms with Gasteiger partial charge in [0.25, 0.3) is 0 Å². The van der Waals surface area contributed by atoms with Crippen molar-refractivity contribution < 1.29 is 27.4 Å². The monoisotopic (exact) mass is 443 g/mol. The lowest BCUT2D eigenvalue weighted by Crippen LogP contribution is -2.29. The third-order valence-electron chi connectivity index (χ3n) is 4.21. The van der Waals surface area contributed by atoms with E-state index in [1.165, 1.54) is 30.1 Å². The minimum atomic E-state index is -4.46. The van der Waals surface area contributed by atoms with Crippen LogP contribution in [0, 0.1) is 0 Å². The van der Waals surface area contributed by atoms with Gasteiger partial charge in [0.15, 0.2) is 11.5 Å². The molecule has 1 aliphatic rings. The van der Waals surface area contributed by atoms with E-state index in [0.29, 0.717) is 34.7 Å². The Morgan fingerprint density at radius 1 is 1.11 bits per heavy atom. The third-order valence-corrected chi connectivity index (χ3v) is 4.95. The van der Waals surface area contributed by atoms with Gasteiger partial charge >= 0.3 is 6.18 Å². The molecule has 0 saturated carbocycles. The summed E-state index contributed by atoms with van der Waals surface area (Å²) in [4.78, 5) is 13.8. The summed E-state index contributed by atoms with van der Waals surface area (Å²) in [5.74, 6) is 0.846. The number of ether oxygens (including phenoxy) is 2. The fourth-order valence-corrected chi connectivity index (χ4v) is 3.28. The molecule has 0 saturated heterocycles. The molecule has 0 aromatic heterocycles. The number of likely N-dealkylation sites (N-methyl/N-ethyl adjacent to an activating group) is 1. The second-order valence-corrected chi connectivity index (χ2v) is 7.02. The Kier molecular flexibility index (Phi) is 5.64. The van der Waals surface area contributed by atoms with Crippen LogP contribution in [0.2, 0.25) is 0 Å². The van der Waals surface area contributed by atoms with E-state index in [0.717, 1.165) is 6.07 Å². The molecule has 2 aromatic rings. The number of halogens is 4. The topological polar surface area (TPSA) is 38.8 Å². The molecule has 1 amide bonds. The molecule has 1 heterocycles. The summed E-state index contributed by atoms with van der Waals surface area (Å²) in [5, 5.41) is 0. The number of carbonyl (C=O) groups excluding carboxylic acids is 1. The van der Waals surface area contributed by atoms with Gasteiger partial charge in [-0.1, -0.05) is 34.1 Å². The number of rotatable bonds is 4. The molecule has 4 nitrogen and oxygen atoms in total. The fourth-order valence-electron chi connectivity index (χ4n) is 2.82. The number of hydrogen-bond acceptors (Lipinski definition) is 3. The predicted octanol–water partition coefficient (Wildman–Crippen LogP) is 4.44. The van der Waals surface area contributed by atoms with E-state index in [4.69, 9.17) is 9.47 Å². The minimum absolute atomic E-state index is 0.0297. The van der Waals surface area contributed by atoms with E-state index >= 15 is 0 Å². The van der Waals surface area contributed by atoms with Gasteiger partial charge in [0.2, 0.25) is 5.91 Å². The van der Waals surface area contributed by atoms with E-state index in [1.807, 2.05) is 0 Å². The summed E-state index contributed by atoms with van der Waals surface area (Å²) < 4.78 is 51.1. The van der Waals surface area contributed by atoms with Crippen LogP contribution in [-0.4, -0.2) is 31.1 Å². The SMILES string of the molecule is CN(Cc1ccccc1C(F)(F)F)C(=O)Cc1cc2c(cc1Br)OCCO2. The van der Waals surface area contributed by atoms with Crippen LogP contribution in [-0.2, 0) is 23.9 Å². The van der Waals surface area contributed by atoms with Crippen LogP contribution in [0.1, 0.15) is 16.7 Å². The lowest BCUT2D eigenvalue weighted by molar-refractivity contribution is -0.139. The first-order valence-corrected chi connectivity index (χ1v) is 9.02. The second kappa shape index (κ2) is 7.80. The highest BCUT2D eigenvalue weighted by atomic mass is 79.9. The van der Waals surface area contributed by atoms with E-state index in [1.54, 1.807) is 12.1 Å². The maximum absolute atomic E-state index is 13.1. The minimum Gasteiger partial charge on any atom is -0.486 e. The van der Waals surface area contributed by atoms with Crippen molar-refractivity contribution in [2.75, 3.05) is 20.3 Å². The van der Waals surface area contributed by atoms with Crippen LogP contribution < -0.4 is 9.47 Å². The highest BCUT2D eigenvalue weighted by Crippen LogP contribution is 2.36. The van der Waals surface area contributed by atoms with Gasteiger partial charge in [-0.2, -0.15) is 13.2 Å². The van der Waals surface area contributed by atoms with Gasteiger partial charge in [0.05, 0.1) is 12.0 Å².